The molecule has 4 heteroatoms. The summed E-state index contributed by atoms with van der Waals surface area (Å²) in [6.07, 6.45) is 6.15. The molecule has 0 amide bonds. The zero-order valence-corrected chi connectivity index (χ0v) is 21.1. The topological polar surface area (TPSA) is 33.3 Å². The minimum absolute atomic E-state index is 0.149. The molecule has 1 saturated carbocycles. The van der Waals surface area contributed by atoms with Crippen molar-refractivity contribution in [2.75, 3.05) is 0 Å². The van der Waals surface area contributed by atoms with Crippen LogP contribution in [-0.4, -0.2) is 0 Å². The van der Waals surface area contributed by atoms with Crippen LogP contribution in [0.5, 0.6) is 0 Å². The van der Waals surface area contributed by atoms with Crippen LogP contribution in [0.3, 0.4) is 0 Å². The summed E-state index contributed by atoms with van der Waals surface area (Å²) < 4.78 is 6.24. The van der Waals surface area contributed by atoms with Crippen molar-refractivity contribution in [1.82, 2.24) is 10.9 Å². The van der Waals surface area contributed by atoms with E-state index in [-0.39, 0.29) is 17.9 Å². The van der Waals surface area contributed by atoms with E-state index in [2.05, 4.69) is 89.7 Å². The van der Waals surface area contributed by atoms with Crippen LogP contribution in [0.2, 0.25) is 0 Å². The molecule has 180 valence electrons. The lowest BCUT2D eigenvalue weighted by Crippen LogP contribution is -2.33. The normalized spacial score (nSPS) is 22.2. The standard InChI is InChI=1S/C32H30N2OS/c1-3-9-23(10-4-1)30-33-34-31(35-30)24-15-13-22(14-16-24)25-17-18-29-27(21-25)32(19-7-2-8-20-32)26-11-5-6-12-28(26)36-29/h1,3-6,9-18,21,30-31,33-34H,2,7-8,19-20H2. The minimum Gasteiger partial charge on any atom is -0.334 e. The zero-order chi connectivity index (χ0) is 24.0. The average Bonchev–Trinajstić information content (AvgIpc) is 3.45. The summed E-state index contributed by atoms with van der Waals surface area (Å²) >= 11 is 1.94. The number of ether oxygens (including phenoxy) is 1. The van der Waals surface area contributed by atoms with Crippen LogP contribution in [0.15, 0.2) is 107 Å². The number of nitrogens with one attached hydrogen (secondary N) is 2. The lowest BCUT2D eigenvalue weighted by Gasteiger charge is -2.43. The lowest BCUT2D eigenvalue weighted by molar-refractivity contribution is 0.0341. The summed E-state index contributed by atoms with van der Waals surface area (Å²) in [6, 6.07) is 35.3. The maximum Gasteiger partial charge on any atom is 0.149 e. The SMILES string of the molecule is c1ccc(C2NNC(c3ccc(-c4ccc5c(c4)C4(CCCCC4)c4ccccc4S5)cc3)O2)cc1. The molecule has 2 N–H and O–H groups in total. The quantitative estimate of drug-likeness (QED) is 0.306. The molecule has 7 rings (SSSR count). The largest absolute Gasteiger partial charge is 0.334 e. The van der Waals surface area contributed by atoms with Gasteiger partial charge in [0.15, 0.2) is 0 Å². The monoisotopic (exact) mass is 490 g/mol. The fourth-order valence-electron chi connectivity index (χ4n) is 6.24. The molecule has 3 aliphatic rings. The lowest BCUT2D eigenvalue weighted by atomic mass is 9.65. The summed E-state index contributed by atoms with van der Waals surface area (Å²) in [5, 5.41) is 0. The van der Waals surface area contributed by atoms with Crippen LogP contribution in [0, 0.1) is 0 Å². The van der Waals surface area contributed by atoms with Crippen molar-refractivity contribution in [3.05, 3.63) is 119 Å². The first kappa shape index (κ1) is 22.3. The second kappa shape index (κ2) is 9.20. The van der Waals surface area contributed by atoms with Gasteiger partial charge in [-0.25, -0.2) is 10.9 Å². The van der Waals surface area contributed by atoms with Gasteiger partial charge in [-0.2, -0.15) is 0 Å². The predicted octanol–water partition coefficient (Wildman–Crippen LogP) is 7.89. The molecule has 36 heavy (non-hydrogen) atoms. The van der Waals surface area contributed by atoms with E-state index in [4.69, 9.17) is 4.74 Å². The fraction of sp³-hybridized carbons (Fsp3) is 0.250. The molecule has 1 saturated heterocycles. The summed E-state index contributed by atoms with van der Waals surface area (Å²) in [5.41, 5.74) is 14.6. The molecule has 4 aromatic rings. The molecule has 1 aliphatic carbocycles. The van der Waals surface area contributed by atoms with Crippen LogP contribution < -0.4 is 10.9 Å². The van der Waals surface area contributed by atoms with Crippen molar-refractivity contribution < 1.29 is 4.74 Å². The molecule has 0 radical (unpaired) electrons. The summed E-state index contributed by atoms with van der Waals surface area (Å²) in [7, 11) is 0. The van der Waals surface area contributed by atoms with E-state index < -0.39 is 0 Å². The van der Waals surface area contributed by atoms with Crippen LogP contribution in [-0.2, 0) is 10.2 Å². The van der Waals surface area contributed by atoms with Crippen molar-refractivity contribution in [2.24, 2.45) is 0 Å². The Balaban J connectivity index is 1.18. The zero-order valence-electron chi connectivity index (χ0n) is 20.2. The predicted molar refractivity (Wildman–Crippen MR) is 146 cm³/mol. The first-order chi connectivity index (χ1) is 17.8. The van der Waals surface area contributed by atoms with Gasteiger partial charge in [0.25, 0.3) is 0 Å². The molecular weight excluding hydrogens is 460 g/mol. The van der Waals surface area contributed by atoms with E-state index in [1.54, 1.807) is 5.56 Å². The van der Waals surface area contributed by atoms with E-state index in [1.807, 2.05) is 30.0 Å². The van der Waals surface area contributed by atoms with Crippen LogP contribution in [0.25, 0.3) is 11.1 Å². The summed E-state index contributed by atoms with van der Waals surface area (Å²) in [6.45, 7) is 0. The van der Waals surface area contributed by atoms with Gasteiger partial charge in [-0.15, -0.1) is 0 Å². The van der Waals surface area contributed by atoms with E-state index in [1.165, 1.54) is 58.6 Å². The second-order valence-corrected chi connectivity index (χ2v) is 11.3. The van der Waals surface area contributed by atoms with Gasteiger partial charge < -0.3 is 4.74 Å². The van der Waals surface area contributed by atoms with Crippen molar-refractivity contribution in [2.45, 2.75) is 59.8 Å². The third-order valence-corrected chi connectivity index (χ3v) is 9.24. The summed E-state index contributed by atoms with van der Waals surface area (Å²) in [4.78, 5) is 2.87. The van der Waals surface area contributed by atoms with Crippen LogP contribution in [0.1, 0.15) is 66.8 Å². The number of hydrogen-bond donors (Lipinski definition) is 2. The highest BCUT2D eigenvalue weighted by molar-refractivity contribution is 7.99. The van der Waals surface area contributed by atoms with Crippen LogP contribution in [0.4, 0.5) is 0 Å². The van der Waals surface area contributed by atoms with Gasteiger partial charge in [0.1, 0.15) is 12.5 Å². The molecule has 2 heterocycles. The minimum atomic E-state index is -0.175. The molecule has 1 spiro atoms. The summed E-state index contributed by atoms with van der Waals surface area (Å²) in [5.74, 6) is 0. The molecule has 2 atom stereocenters. The molecule has 4 aromatic carbocycles. The second-order valence-electron chi connectivity index (χ2n) is 10.2. The molecule has 2 unspecified atom stereocenters. The number of rotatable bonds is 3. The smallest absolute Gasteiger partial charge is 0.149 e. The van der Waals surface area contributed by atoms with E-state index in [0.717, 1.165) is 11.1 Å². The van der Waals surface area contributed by atoms with Crippen LogP contribution >= 0.6 is 11.8 Å². The number of hydrazine groups is 1. The Morgan fingerprint density at radius 1 is 0.611 bits per heavy atom. The van der Waals surface area contributed by atoms with E-state index >= 15 is 0 Å². The van der Waals surface area contributed by atoms with Gasteiger partial charge in [0.2, 0.25) is 0 Å². The van der Waals surface area contributed by atoms with Crippen molar-refractivity contribution in [3.63, 3.8) is 0 Å². The van der Waals surface area contributed by atoms with Crippen molar-refractivity contribution in [1.29, 1.82) is 0 Å². The highest BCUT2D eigenvalue weighted by Crippen LogP contribution is 2.55. The van der Waals surface area contributed by atoms with E-state index in [9.17, 15) is 0 Å². The number of hydrogen-bond acceptors (Lipinski definition) is 4. The molecule has 0 bridgehead atoms. The van der Waals surface area contributed by atoms with Gasteiger partial charge in [-0.1, -0.05) is 110 Å². The van der Waals surface area contributed by atoms with Crippen molar-refractivity contribution >= 4 is 11.8 Å². The number of fused-ring (bicyclic) bond motifs is 4. The Kier molecular flexibility index (Phi) is 5.71. The maximum atomic E-state index is 6.24. The van der Waals surface area contributed by atoms with Gasteiger partial charge in [0.05, 0.1) is 0 Å². The first-order valence-electron chi connectivity index (χ1n) is 13.0. The Bertz CT molecular complexity index is 1380. The van der Waals surface area contributed by atoms with Crippen molar-refractivity contribution in [3.8, 4) is 11.1 Å². The Hall–Kier alpha value is -2.89. The Morgan fingerprint density at radius 2 is 1.25 bits per heavy atom. The highest BCUT2D eigenvalue weighted by Gasteiger charge is 2.41. The highest BCUT2D eigenvalue weighted by atomic mass is 32.2. The van der Waals surface area contributed by atoms with Gasteiger partial charge in [-0.3, -0.25) is 0 Å². The van der Waals surface area contributed by atoms with Gasteiger partial charge >= 0.3 is 0 Å². The third-order valence-electron chi connectivity index (χ3n) is 8.09. The maximum absolute atomic E-state index is 6.24. The first-order valence-corrected chi connectivity index (χ1v) is 13.9. The number of benzene rings is 4. The fourth-order valence-corrected chi connectivity index (χ4v) is 7.50. The molecular formula is C32H30N2OS. The molecule has 2 fully saturated rings. The molecule has 3 nitrogen and oxygen atoms in total. The van der Waals surface area contributed by atoms with Gasteiger partial charge in [-0.05, 0) is 64.4 Å². The third kappa shape index (κ3) is 3.80. The Morgan fingerprint density at radius 3 is 2.03 bits per heavy atom. The molecule has 0 aromatic heterocycles. The van der Waals surface area contributed by atoms with E-state index in [0.29, 0.717) is 0 Å². The average molecular weight is 491 g/mol. The Labute approximate surface area is 217 Å². The molecule has 2 aliphatic heterocycles. The van der Waals surface area contributed by atoms with Gasteiger partial charge in [0, 0.05) is 15.2 Å².